The quantitative estimate of drug-likeness (QED) is 0.287. The molecular weight excluding hydrogens is 455 g/mol. The van der Waals surface area contributed by atoms with Gasteiger partial charge in [-0.2, -0.15) is 0 Å². The van der Waals surface area contributed by atoms with Crippen LogP contribution in [-0.4, -0.2) is 34.1 Å². The zero-order valence-corrected chi connectivity index (χ0v) is 20.4. The first-order chi connectivity index (χ1) is 17.4. The maximum atomic E-state index is 13.5. The molecule has 0 amide bonds. The number of rotatable bonds is 7. The maximum Gasteiger partial charge on any atom is 0.280 e. The van der Waals surface area contributed by atoms with Crippen molar-refractivity contribution < 1.29 is 9.13 Å². The number of methoxy groups -OCH3 is 1. The SMILES string of the molecule is COc1ccc(-c2[nH]n(-c3ccc(F)cc3)c(=O)c2C(C)=NCCc2c[nH]c3ccc(C)cc23)cc1. The number of nitrogens with zero attached hydrogens (tertiary/aromatic N) is 2. The molecule has 0 aliphatic heterocycles. The maximum absolute atomic E-state index is 13.5. The van der Waals surface area contributed by atoms with Gasteiger partial charge in [0.25, 0.3) is 5.56 Å². The van der Waals surface area contributed by atoms with Crippen molar-refractivity contribution in [1.82, 2.24) is 14.8 Å². The lowest BCUT2D eigenvalue weighted by atomic mass is 10.0. The molecule has 0 atom stereocenters. The standard InChI is InChI=1S/C29H27FN4O2/c1-18-4-13-26-25(16-18)21(17-32-26)14-15-31-19(2)27-28(20-5-11-24(36-3)12-6-20)33-34(29(27)35)23-9-7-22(30)8-10-23/h4-13,16-17,32-33H,14-15H2,1-3H3. The van der Waals surface area contributed by atoms with E-state index < -0.39 is 0 Å². The highest BCUT2D eigenvalue weighted by Gasteiger charge is 2.19. The number of aromatic amines is 2. The number of aryl methyl sites for hydroxylation is 1. The highest BCUT2D eigenvalue weighted by atomic mass is 19.1. The van der Waals surface area contributed by atoms with Crippen molar-refractivity contribution in [3.8, 4) is 22.7 Å². The fraction of sp³-hybridized carbons (Fsp3) is 0.172. The minimum absolute atomic E-state index is 0.239. The van der Waals surface area contributed by atoms with E-state index in [1.54, 1.807) is 19.2 Å². The lowest BCUT2D eigenvalue weighted by molar-refractivity contribution is 0.415. The predicted octanol–water partition coefficient (Wildman–Crippen LogP) is 5.82. The van der Waals surface area contributed by atoms with Crippen LogP contribution in [0.5, 0.6) is 5.75 Å². The molecule has 6 nitrogen and oxygen atoms in total. The van der Waals surface area contributed by atoms with Crippen LogP contribution in [0.3, 0.4) is 0 Å². The second-order valence-corrected chi connectivity index (χ2v) is 8.79. The molecule has 182 valence electrons. The molecule has 2 N–H and O–H groups in total. The molecule has 0 bridgehead atoms. The van der Waals surface area contributed by atoms with Crippen molar-refractivity contribution in [1.29, 1.82) is 0 Å². The third-order valence-electron chi connectivity index (χ3n) is 6.37. The molecule has 5 aromatic rings. The van der Waals surface area contributed by atoms with Gasteiger partial charge in [-0.1, -0.05) is 11.6 Å². The minimum atomic E-state index is -0.362. The Morgan fingerprint density at radius 2 is 1.81 bits per heavy atom. The summed E-state index contributed by atoms with van der Waals surface area (Å²) in [6.45, 7) is 4.47. The molecule has 5 rings (SSSR count). The van der Waals surface area contributed by atoms with Crippen LogP contribution in [0.25, 0.3) is 27.8 Å². The van der Waals surface area contributed by atoms with Crippen molar-refractivity contribution in [2.24, 2.45) is 4.99 Å². The number of hydrogen-bond donors (Lipinski definition) is 2. The van der Waals surface area contributed by atoms with E-state index in [0.717, 1.165) is 23.3 Å². The molecule has 0 saturated heterocycles. The summed E-state index contributed by atoms with van der Waals surface area (Å²) < 4.78 is 20.2. The molecule has 7 heteroatoms. The van der Waals surface area contributed by atoms with Gasteiger partial charge in [-0.05, 0) is 86.5 Å². The molecule has 0 aliphatic rings. The Labute approximate surface area is 208 Å². The van der Waals surface area contributed by atoms with Crippen molar-refractivity contribution in [3.05, 3.63) is 106 Å². The van der Waals surface area contributed by atoms with E-state index in [-0.39, 0.29) is 11.4 Å². The largest absolute Gasteiger partial charge is 0.497 e. The fourth-order valence-corrected chi connectivity index (χ4v) is 4.43. The normalized spacial score (nSPS) is 11.8. The molecule has 2 aromatic heterocycles. The van der Waals surface area contributed by atoms with Gasteiger partial charge in [0.05, 0.1) is 24.1 Å². The third-order valence-corrected chi connectivity index (χ3v) is 6.37. The van der Waals surface area contributed by atoms with E-state index in [9.17, 15) is 9.18 Å². The van der Waals surface area contributed by atoms with Gasteiger partial charge in [0, 0.05) is 34.9 Å². The summed E-state index contributed by atoms with van der Waals surface area (Å²) in [5.74, 6) is 0.360. The van der Waals surface area contributed by atoms with E-state index in [2.05, 4.69) is 35.2 Å². The number of aliphatic imine (C=N–C) groups is 1. The van der Waals surface area contributed by atoms with E-state index >= 15 is 0 Å². The Morgan fingerprint density at radius 3 is 2.53 bits per heavy atom. The molecule has 36 heavy (non-hydrogen) atoms. The van der Waals surface area contributed by atoms with Gasteiger partial charge in [0.1, 0.15) is 11.6 Å². The lowest BCUT2D eigenvalue weighted by Gasteiger charge is -2.05. The van der Waals surface area contributed by atoms with Crippen molar-refractivity contribution in [3.63, 3.8) is 0 Å². The number of fused-ring (bicyclic) bond motifs is 1. The van der Waals surface area contributed by atoms with Gasteiger partial charge in [-0.3, -0.25) is 14.9 Å². The Hall–Kier alpha value is -4.39. The number of ether oxygens (including phenoxy) is 1. The number of aromatic nitrogens is 3. The second kappa shape index (κ2) is 9.70. The Morgan fingerprint density at radius 1 is 1.06 bits per heavy atom. The summed E-state index contributed by atoms with van der Waals surface area (Å²) in [4.78, 5) is 21.6. The van der Waals surface area contributed by atoms with Crippen molar-refractivity contribution >= 4 is 16.6 Å². The van der Waals surface area contributed by atoms with Gasteiger partial charge in [0.15, 0.2) is 0 Å². The molecule has 0 radical (unpaired) electrons. The van der Waals surface area contributed by atoms with Crippen LogP contribution in [0.15, 0.2) is 82.7 Å². The summed E-state index contributed by atoms with van der Waals surface area (Å²) in [6, 6.07) is 19.6. The zero-order chi connectivity index (χ0) is 25.2. The number of nitrogens with one attached hydrogen (secondary N) is 2. The zero-order valence-electron chi connectivity index (χ0n) is 20.4. The van der Waals surface area contributed by atoms with Crippen LogP contribution in [0.1, 0.15) is 23.6 Å². The highest BCUT2D eigenvalue weighted by Crippen LogP contribution is 2.25. The van der Waals surface area contributed by atoms with E-state index in [0.29, 0.717) is 29.2 Å². The molecule has 2 heterocycles. The summed E-state index contributed by atoms with van der Waals surface area (Å²) in [5.41, 5.74) is 6.41. The van der Waals surface area contributed by atoms with Gasteiger partial charge < -0.3 is 9.72 Å². The monoisotopic (exact) mass is 482 g/mol. The summed E-state index contributed by atoms with van der Waals surface area (Å²) in [6.07, 6.45) is 2.77. The minimum Gasteiger partial charge on any atom is -0.497 e. The van der Waals surface area contributed by atoms with E-state index in [1.165, 1.54) is 33.3 Å². The smallest absolute Gasteiger partial charge is 0.280 e. The molecule has 0 saturated carbocycles. The fourth-order valence-electron chi connectivity index (χ4n) is 4.43. The Bertz CT molecular complexity index is 1610. The second-order valence-electron chi connectivity index (χ2n) is 8.79. The molecule has 0 unspecified atom stereocenters. The van der Waals surface area contributed by atoms with Crippen LogP contribution < -0.4 is 10.3 Å². The molecule has 0 fully saturated rings. The lowest BCUT2D eigenvalue weighted by Crippen LogP contribution is -2.20. The average Bonchev–Trinajstić information content (AvgIpc) is 3.45. The topological polar surface area (TPSA) is 75.2 Å². The number of hydrogen-bond acceptors (Lipinski definition) is 3. The predicted molar refractivity (Wildman–Crippen MR) is 142 cm³/mol. The first-order valence-electron chi connectivity index (χ1n) is 11.8. The molecular formula is C29H27FN4O2. The van der Waals surface area contributed by atoms with E-state index in [4.69, 9.17) is 9.73 Å². The van der Waals surface area contributed by atoms with Crippen LogP contribution >= 0.6 is 0 Å². The average molecular weight is 483 g/mol. The molecule has 3 aromatic carbocycles. The summed E-state index contributed by atoms with van der Waals surface area (Å²) >= 11 is 0. The summed E-state index contributed by atoms with van der Waals surface area (Å²) in [7, 11) is 1.61. The van der Waals surface area contributed by atoms with Gasteiger partial charge in [-0.15, -0.1) is 0 Å². The van der Waals surface area contributed by atoms with E-state index in [1.807, 2.05) is 37.4 Å². The van der Waals surface area contributed by atoms with Gasteiger partial charge in [0.2, 0.25) is 0 Å². The van der Waals surface area contributed by atoms with Crippen LogP contribution in [-0.2, 0) is 6.42 Å². The van der Waals surface area contributed by atoms with Crippen molar-refractivity contribution in [2.75, 3.05) is 13.7 Å². The summed E-state index contributed by atoms with van der Waals surface area (Å²) in [5, 5.41) is 4.41. The van der Waals surface area contributed by atoms with Crippen LogP contribution in [0.2, 0.25) is 0 Å². The molecule has 0 spiro atoms. The van der Waals surface area contributed by atoms with Gasteiger partial charge >= 0.3 is 0 Å². The first kappa shape index (κ1) is 23.4. The number of H-pyrrole nitrogens is 2. The van der Waals surface area contributed by atoms with Gasteiger partial charge in [-0.25, -0.2) is 9.07 Å². The molecule has 0 aliphatic carbocycles. The third kappa shape index (κ3) is 4.47. The van der Waals surface area contributed by atoms with Crippen LogP contribution in [0.4, 0.5) is 4.39 Å². The number of benzene rings is 3. The number of halogens is 1. The van der Waals surface area contributed by atoms with Crippen molar-refractivity contribution in [2.45, 2.75) is 20.3 Å². The van der Waals surface area contributed by atoms with Crippen LogP contribution in [0, 0.1) is 12.7 Å². The first-order valence-corrected chi connectivity index (χ1v) is 11.8. The highest BCUT2D eigenvalue weighted by molar-refractivity contribution is 6.03. The Kier molecular flexibility index (Phi) is 6.29. The Balaban J connectivity index is 1.51.